The van der Waals surface area contributed by atoms with Gasteiger partial charge in [-0.05, 0) is 69.9 Å². The van der Waals surface area contributed by atoms with E-state index in [4.69, 9.17) is 9.47 Å². The molecule has 8 heteroatoms. The summed E-state index contributed by atoms with van der Waals surface area (Å²) in [6, 6.07) is 12.9. The average molecular weight is 478 g/mol. The van der Waals surface area contributed by atoms with Crippen LogP contribution >= 0.6 is 0 Å². The molecule has 2 aromatic carbocycles. The maximum Gasteiger partial charge on any atom is 0.416 e. The van der Waals surface area contributed by atoms with Gasteiger partial charge in [-0.2, -0.15) is 13.2 Å². The van der Waals surface area contributed by atoms with Crippen LogP contribution in [0.25, 0.3) is 0 Å². The van der Waals surface area contributed by atoms with Gasteiger partial charge >= 0.3 is 12.3 Å². The summed E-state index contributed by atoms with van der Waals surface area (Å²) in [6.07, 6.45) is -2.45. The van der Waals surface area contributed by atoms with E-state index in [9.17, 15) is 22.8 Å². The first kappa shape index (κ1) is 25.6. The van der Waals surface area contributed by atoms with Gasteiger partial charge in [0.1, 0.15) is 23.7 Å². The van der Waals surface area contributed by atoms with Crippen LogP contribution in [0.5, 0.6) is 5.75 Å². The number of nitrogens with zero attached hydrogens (tertiary/aromatic N) is 1. The van der Waals surface area contributed by atoms with Crippen molar-refractivity contribution in [1.82, 2.24) is 4.90 Å². The minimum Gasteiger partial charge on any atom is -0.486 e. The zero-order chi connectivity index (χ0) is 24.9. The molecule has 3 atom stereocenters. The van der Waals surface area contributed by atoms with Gasteiger partial charge in [0.15, 0.2) is 0 Å². The van der Waals surface area contributed by atoms with Gasteiger partial charge in [-0.15, -0.1) is 0 Å². The molecule has 1 amide bonds. The highest BCUT2D eigenvalue weighted by Gasteiger charge is 2.38. The van der Waals surface area contributed by atoms with Gasteiger partial charge in [0.2, 0.25) is 0 Å². The topological polar surface area (TPSA) is 55.8 Å². The minimum absolute atomic E-state index is 0.286. The van der Waals surface area contributed by atoms with Crippen molar-refractivity contribution in [2.45, 2.75) is 76.4 Å². The molecule has 0 N–H and O–H groups in total. The Morgan fingerprint density at radius 3 is 2.26 bits per heavy atom. The van der Waals surface area contributed by atoms with Crippen LogP contribution in [0.1, 0.15) is 63.7 Å². The maximum absolute atomic E-state index is 13.0. The fraction of sp³-hybridized carbons (Fsp3) is 0.462. The van der Waals surface area contributed by atoms with E-state index in [0.717, 1.165) is 30.4 Å². The molecule has 1 aliphatic rings. The van der Waals surface area contributed by atoms with Gasteiger partial charge < -0.3 is 14.3 Å². The van der Waals surface area contributed by atoms with Crippen LogP contribution < -0.4 is 4.74 Å². The number of hydrogen-bond donors (Lipinski definition) is 0. The summed E-state index contributed by atoms with van der Waals surface area (Å²) in [6.45, 7) is 5.29. The van der Waals surface area contributed by atoms with E-state index < -0.39 is 35.6 Å². The van der Waals surface area contributed by atoms with E-state index in [0.29, 0.717) is 19.3 Å². The van der Waals surface area contributed by atoms with Crippen molar-refractivity contribution in [3.63, 3.8) is 0 Å². The molecular weight excluding hydrogens is 447 g/mol. The predicted molar refractivity (Wildman–Crippen MR) is 121 cm³/mol. The molecule has 3 rings (SSSR count). The predicted octanol–water partition coefficient (Wildman–Crippen LogP) is 6.57. The van der Waals surface area contributed by atoms with Crippen molar-refractivity contribution in [3.8, 4) is 5.75 Å². The standard InChI is InChI=1S/C26H30F3NO4/c1-25(2,3)34-24(32)30-20(10-7-11-21(30)17-31)16-23(18-8-5-4-6-9-18)33-22-14-12-19(13-15-22)26(27,28)29/h4-6,8-9,12-15,17,20-21,23H,7,10-11,16H2,1-3H3. The summed E-state index contributed by atoms with van der Waals surface area (Å²) in [7, 11) is 0. The third kappa shape index (κ3) is 6.74. The number of piperidine rings is 1. The molecule has 1 aliphatic heterocycles. The molecular formula is C26H30F3NO4. The molecule has 0 spiro atoms. The van der Waals surface area contributed by atoms with Crippen molar-refractivity contribution in [1.29, 1.82) is 0 Å². The fourth-order valence-corrected chi connectivity index (χ4v) is 4.13. The van der Waals surface area contributed by atoms with Crippen LogP contribution in [0.3, 0.4) is 0 Å². The summed E-state index contributed by atoms with van der Waals surface area (Å²) >= 11 is 0. The van der Waals surface area contributed by atoms with Crippen LogP contribution in [-0.2, 0) is 15.7 Å². The van der Waals surface area contributed by atoms with Crippen LogP contribution in [-0.4, -0.2) is 35.0 Å². The number of halogens is 3. The van der Waals surface area contributed by atoms with Gasteiger partial charge in [-0.3, -0.25) is 4.90 Å². The first-order chi connectivity index (χ1) is 16.0. The Hall–Kier alpha value is -3.03. The number of benzene rings is 2. The third-order valence-electron chi connectivity index (χ3n) is 5.67. The van der Waals surface area contributed by atoms with Crippen LogP contribution in [0.15, 0.2) is 54.6 Å². The van der Waals surface area contributed by atoms with Gasteiger partial charge in [-0.25, -0.2) is 4.79 Å². The van der Waals surface area contributed by atoms with Gasteiger partial charge in [0.05, 0.1) is 11.6 Å². The number of amides is 1. The Bertz CT molecular complexity index is 955. The molecule has 0 saturated carbocycles. The maximum atomic E-state index is 13.0. The Labute approximate surface area is 197 Å². The van der Waals surface area contributed by atoms with Crippen molar-refractivity contribution < 1.29 is 32.2 Å². The summed E-state index contributed by atoms with van der Waals surface area (Å²) in [5, 5.41) is 0. The molecule has 0 aliphatic carbocycles. The normalized spacial score (nSPS) is 19.9. The lowest BCUT2D eigenvalue weighted by atomic mass is 9.91. The summed E-state index contributed by atoms with van der Waals surface area (Å²) in [5.41, 5.74) is -0.657. The number of ether oxygens (including phenoxy) is 2. The van der Waals surface area contributed by atoms with E-state index in [1.165, 1.54) is 17.0 Å². The zero-order valence-corrected chi connectivity index (χ0v) is 19.5. The Morgan fingerprint density at radius 1 is 1.06 bits per heavy atom. The van der Waals surface area contributed by atoms with Crippen molar-refractivity contribution in [2.75, 3.05) is 0 Å². The van der Waals surface area contributed by atoms with E-state index in [1.807, 2.05) is 30.3 Å². The second-order valence-electron chi connectivity index (χ2n) is 9.45. The Kier molecular flexibility index (Phi) is 7.89. The first-order valence-corrected chi connectivity index (χ1v) is 11.3. The zero-order valence-electron chi connectivity index (χ0n) is 19.5. The van der Waals surface area contributed by atoms with Crippen LogP contribution in [0, 0.1) is 0 Å². The smallest absolute Gasteiger partial charge is 0.416 e. The van der Waals surface area contributed by atoms with E-state index >= 15 is 0 Å². The monoisotopic (exact) mass is 477 g/mol. The molecule has 0 radical (unpaired) electrons. The molecule has 3 unspecified atom stereocenters. The highest BCUT2D eigenvalue weighted by atomic mass is 19.4. The van der Waals surface area contributed by atoms with Gasteiger partial charge in [0.25, 0.3) is 0 Å². The van der Waals surface area contributed by atoms with E-state index in [2.05, 4.69) is 0 Å². The number of aldehydes is 1. The van der Waals surface area contributed by atoms with E-state index in [-0.39, 0.29) is 11.8 Å². The van der Waals surface area contributed by atoms with Gasteiger partial charge in [-0.1, -0.05) is 30.3 Å². The molecule has 5 nitrogen and oxygen atoms in total. The molecule has 2 aromatic rings. The second-order valence-corrected chi connectivity index (χ2v) is 9.45. The molecule has 1 saturated heterocycles. The Morgan fingerprint density at radius 2 is 1.71 bits per heavy atom. The number of carbonyl (C=O) groups excluding carboxylic acids is 2. The third-order valence-corrected chi connectivity index (χ3v) is 5.67. The summed E-state index contributed by atoms with van der Waals surface area (Å²) < 4.78 is 50.5. The van der Waals surface area contributed by atoms with Crippen molar-refractivity contribution >= 4 is 12.4 Å². The number of likely N-dealkylation sites (tertiary alicyclic amines) is 1. The lowest BCUT2D eigenvalue weighted by Crippen LogP contribution is -2.53. The molecule has 0 bridgehead atoms. The average Bonchev–Trinajstić information content (AvgIpc) is 2.77. The number of carbonyl (C=O) groups is 2. The molecule has 34 heavy (non-hydrogen) atoms. The number of hydrogen-bond acceptors (Lipinski definition) is 4. The summed E-state index contributed by atoms with van der Waals surface area (Å²) in [4.78, 5) is 26.3. The SMILES string of the molecule is CC(C)(C)OC(=O)N1C(C=O)CCCC1CC(Oc1ccc(C(F)(F)F)cc1)c1ccccc1. The van der Waals surface area contributed by atoms with Crippen LogP contribution in [0.4, 0.5) is 18.0 Å². The highest BCUT2D eigenvalue weighted by molar-refractivity contribution is 5.74. The van der Waals surface area contributed by atoms with Crippen molar-refractivity contribution in [2.24, 2.45) is 0 Å². The second kappa shape index (κ2) is 10.5. The molecule has 184 valence electrons. The Balaban J connectivity index is 1.87. The molecule has 0 aromatic heterocycles. The largest absolute Gasteiger partial charge is 0.486 e. The molecule has 1 heterocycles. The minimum atomic E-state index is -4.43. The first-order valence-electron chi connectivity index (χ1n) is 11.3. The quantitative estimate of drug-likeness (QED) is 0.442. The lowest BCUT2D eigenvalue weighted by Gasteiger charge is -2.41. The van der Waals surface area contributed by atoms with Gasteiger partial charge in [0, 0.05) is 12.5 Å². The van der Waals surface area contributed by atoms with Crippen molar-refractivity contribution in [3.05, 3.63) is 65.7 Å². The highest BCUT2D eigenvalue weighted by Crippen LogP contribution is 2.35. The summed E-state index contributed by atoms with van der Waals surface area (Å²) in [5.74, 6) is 0.286. The lowest BCUT2D eigenvalue weighted by molar-refractivity contribution is -0.137. The number of alkyl halides is 3. The fourth-order valence-electron chi connectivity index (χ4n) is 4.13. The number of rotatable bonds is 6. The van der Waals surface area contributed by atoms with E-state index in [1.54, 1.807) is 20.8 Å². The molecule has 1 fully saturated rings. The van der Waals surface area contributed by atoms with Crippen LogP contribution in [0.2, 0.25) is 0 Å².